The predicted molar refractivity (Wildman–Crippen MR) is 63.8 cm³/mol. The molecule has 0 aliphatic heterocycles. The van der Waals surface area contributed by atoms with Gasteiger partial charge < -0.3 is 4.42 Å². The fourth-order valence-electron chi connectivity index (χ4n) is 1.21. The van der Waals surface area contributed by atoms with Crippen molar-refractivity contribution in [1.82, 2.24) is 19.9 Å². The molecule has 18 heavy (non-hydrogen) atoms. The molecule has 96 valence electrons. The van der Waals surface area contributed by atoms with Crippen molar-refractivity contribution in [2.75, 3.05) is 5.75 Å². The summed E-state index contributed by atoms with van der Waals surface area (Å²) in [5.41, 5.74) is 0.738. The van der Waals surface area contributed by atoms with E-state index in [1.165, 1.54) is 0 Å². The first-order valence-electron chi connectivity index (χ1n) is 5.31. The van der Waals surface area contributed by atoms with Crippen LogP contribution in [0.1, 0.15) is 12.8 Å². The lowest BCUT2D eigenvalue weighted by molar-refractivity contribution is 0.494. The minimum atomic E-state index is -3.26. The Balaban J connectivity index is 2.08. The maximum atomic E-state index is 11.2. The highest BCUT2D eigenvalue weighted by molar-refractivity contribution is 7.89. The summed E-state index contributed by atoms with van der Waals surface area (Å²) in [4.78, 5) is 3.88. The van der Waals surface area contributed by atoms with Gasteiger partial charge in [-0.25, -0.2) is 13.1 Å². The maximum absolute atomic E-state index is 11.2. The van der Waals surface area contributed by atoms with Crippen LogP contribution in [0, 0.1) is 0 Å². The highest BCUT2D eigenvalue weighted by Crippen LogP contribution is 2.15. The Morgan fingerprint density at radius 3 is 2.67 bits per heavy atom. The van der Waals surface area contributed by atoms with Gasteiger partial charge in [-0.2, -0.15) is 0 Å². The lowest BCUT2D eigenvalue weighted by atomic mass is 10.3. The Morgan fingerprint density at radius 1 is 1.28 bits per heavy atom. The molecule has 0 aromatic carbocycles. The van der Waals surface area contributed by atoms with Crippen LogP contribution in [0.25, 0.3) is 11.5 Å². The largest absolute Gasteiger partial charge is 0.419 e. The Labute approximate surface area is 104 Å². The molecule has 0 aliphatic rings. The Morgan fingerprint density at radius 2 is 2.00 bits per heavy atom. The standard InChI is InChI=1S/C10H12N4O3S/c1-2-18(15,16)12-7-9-13-14-10(17-9)8-3-5-11-6-4-8/h3-6,12H,2,7H2,1H3. The normalized spacial score (nSPS) is 11.6. The van der Waals surface area contributed by atoms with E-state index in [4.69, 9.17) is 4.42 Å². The Bertz CT molecular complexity index is 609. The lowest BCUT2D eigenvalue weighted by Gasteiger charge is -1.99. The predicted octanol–water partition coefficient (Wildman–Crippen LogP) is 0.571. The minimum Gasteiger partial charge on any atom is -0.419 e. The number of hydrogen-bond acceptors (Lipinski definition) is 6. The van der Waals surface area contributed by atoms with E-state index in [-0.39, 0.29) is 18.2 Å². The van der Waals surface area contributed by atoms with Crippen LogP contribution in [-0.4, -0.2) is 29.4 Å². The number of aromatic nitrogens is 3. The molecule has 2 aromatic rings. The van der Waals surface area contributed by atoms with Gasteiger partial charge in [-0.15, -0.1) is 10.2 Å². The fraction of sp³-hybridized carbons (Fsp3) is 0.300. The molecule has 0 bridgehead atoms. The van der Waals surface area contributed by atoms with Gasteiger partial charge >= 0.3 is 0 Å². The zero-order valence-corrected chi connectivity index (χ0v) is 10.5. The summed E-state index contributed by atoms with van der Waals surface area (Å²) in [6.07, 6.45) is 3.22. The van der Waals surface area contributed by atoms with Crippen LogP contribution in [0.15, 0.2) is 28.9 Å². The molecule has 0 saturated carbocycles. The molecule has 0 atom stereocenters. The lowest BCUT2D eigenvalue weighted by Crippen LogP contribution is -2.24. The molecule has 2 heterocycles. The zero-order chi connectivity index (χ0) is 13.0. The van der Waals surface area contributed by atoms with E-state index in [2.05, 4.69) is 19.9 Å². The number of hydrogen-bond donors (Lipinski definition) is 1. The Kier molecular flexibility index (Phi) is 3.68. The van der Waals surface area contributed by atoms with Crippen molar-refractivity contribution in [1.29, 1.82) is 0 Å². The average Bonchev–Trinajstić information content (AvgIpc) is 2.86. The molecule has 0 amide bonds. The summed E-state index contributed by atoms with van der Waals surface area (Å²) < 4.78 is 30.2. The molecular weight excluding hydrogens is 256 g/mol. The fourth-order valence-corrected chi connectivity index (χ4v) is 1.76. The molecule has 0 unspecified atom stereocenters. The van der Waals surface area contributed by atoms with Crippen LogP contribution in [0.3, 0.4) is 0 Å². The van der Waals surface area contributed by atoms with Gasteiger partial charge in [0.2, 0.25) is 21.8 Å². The molecule has 0 fully saturated rings. The summed E-state index contributed by atoms with van der Waals surface area (Å²) >= 11 is 0. The van der Waals surface area contributed by atoms with Gasteiger partial charge in [0.1, 0.15) is 0 Å². The second-order valence-corrected chi connectivity index (χ2v) is 5.56. The smallest absolute Gasteiger partial charge is 0.247 e. The van der Waals surface area contributed by atoms with Gasteiger partial charge in [0, 0.05) is 18.0 Å². The SMILES string of the molecule is CCS(=O)(=O)NCc1nnc(-c2ccncc2)o1. The first kappa shape index (κ1) is 12.7. The van der Waals surface area contributed by atoms with Crippen molar-refractivity contribution in [2.24, 2.45) is 0 Å². The summed E-state index contributed by atoms with van der Waals surface area (Å²) in [6.45, 7) is 1.55. The second kappa shape index (κ2) is 5.23. The molecule has 8 heteroatoms. The highest BCUT2D eigenvalue weighted by atomic mass is 32.2. The van der Waals surface area contributed by atoms with E-state index in [1.54, 1.807) is 31.5 Å². The van der Waals surface area contributed by atoms with Crippen molar-refractivity contribution >= 4 is 10.0 Å². The molecule has 0 radical (unpaired) electrons. The molecule has 0 spiro atoms. The van der Waals surface area contributed by atoms with Crippen LogP contribution in [0.5, 0.6) is 0 Å². The van der Waals surface area contributed by atoms with Crippen molar-refractivity contribution in [3.05, 3.63) is 30.4 Å². The van der Waals surface area contributed by atoms with E-state index in [0.717, 1.165) is 5.56 Å². The molecule has 0 saturated heterocycles. The quantitative estimate of drug-likeness (QED) is 0.851. The zero-order valence-electron chi connectivity index (χ0n) is 9.70. The van der Waals surface area contributed by atoms with Crippen LogP contribution in [0.4, 0.5) is 0 Å². The second-order valence-electron chi connectivity index (χ2n) is 3.46. The molecule has 2 rings (SSSR count). The highest BCUT2D eigenvalue weighted by Gasteiger charge is 2.11. The van der Waals surface area contributed by atoms with Gasteiger partial charge in [-0.3, -0.25) is 4.98 Å². The first-order valence-corrected chi connectivity index (χ1v) is 6.96. The number of sulfonamides is 1. The van der Waals surface area contributed by atoms with Crippen LogP contribution in [-0.2, 0) is 16.6 Å². The van der Waals surface area contributed by atoms with Gasteiger partial charge in [-0.05, 0) is 19.1 Å². The maximum Gasteiger partial charge on any atom is 0.247 e. The third-order valence-electron chi connectivity index (χ3n) is 2.22. The van der Waals surface area contributed by atoms with Crippen LogP contribution < -0.4 is 4.72 Å². The van der Waals surface area contributed by atoms with Gasteiger partial charge in [0.25, 0.3) is 0 Å². The Hall–Kier alpha value is -1.80. The number of rotatable bonds is 5. The monoisotopic (exact) mass is 268 g/mol. The number of pyridine rings is 1. The van der Waals surface area contributed by atoms with Crippen LogP contribution >= 0.6 is 0 Å². The van der Waals surface area contributed by atoms with Crippen molar-refractivity contribution in [3.8, 4) is 11.5 Å². The molecular formula is C10H12N4O3S. The average molecular weight is 268 g/mol. The third-order valence-corrected chi connectivity index (χ3v) is 3.56. The van der Waals surface area contributed by atoms with Crippen LogP contribution in [0.2, 0.25) is 0 Å². The number of nitrogens with one attached hydrogen (secondary N) is 1. The van der Waals surface area contributed by atoms with Crippen molar-refractivity contribution in [2.45, 2.75) is 13.5 Å². The van der Waals surface area contributed by atoms with Crippen molar-refractivity contribution in [3.63, 3.8) is 0 Å². The summed E-state index contributed by atoms with van der Waals surface area (Å²) in [7, 11) is -3.26. The molecule has 7 nitrogen and oxygen atoms in total. The van der Waals surface area contributed by atoms with Gasteiger partial charge in [0.15, 0.2) is 0 Å². The summed E-state index contributed by atoms with van der Waals surface area (Å²) in [5, 5.41) is 7.60. The van der Waals surface area contributed by atoms with E-state index < -0.39 is 10.0 Å². The molecule has 0 aliphatic carbocycles. The van der Waals surface area contributed by atoms with E-state index in [0.29, 0.717) is 5.89 Å². The van der Waals surface area contributed by atoms with Crippen molar-refractivity contribution < 1.29 is 12.8 Å². The van der Waals surface area contributed by atoms with E-state index in [9.17, 15) is 8.42 Å². The van der Waals surface area contributed by atoms with Gasteiger partial charge in [0.05, 0.1) is 12.3 Å². The molecule has 2 aromatic heterocycles. The summed E-state index contributed by atoms with van der Waals surface area (Å²) in [6, 6.07) is 3.46. The third kappa shape index (κ3) is 3.11. The first-order chi connectivity index (χ1) is 8.61. The van der Waals surface area contributed by atoms with E-state index >= 15 is 0 Å². The number of nitrogens with zero attached hydrogens (tertiary/aromatic N) is 3. The summed E-state index contributed by atoms with van der Waals surface area (Å²) in [5.74, 6) is 0.570. The van der Waals surface area contributed by atoms with Gasteiger partial charge in [-0.1, -0.05) is 0 Å². The van der Waals surface area contributed by atoms with E-state index in [1.807, 2.05) is 0 Å². The minimum absolute atomic E-state index is 0.00570. The molecule has 1 N–H and O–H groups in total. The topological polar surface area (TPSA) is 98.0 Å².